The zero-order valence-corrected chi connectivity index (χ0v) is 8.36. The molecule has 3 heteroatoms. The minimum Gasteiger partial charge on any atom is -0.507 e. The summed E-state index contributed by atoms with van der Waals surface area (Å²) in [6, 6.07) is 6.43. The summed E-state index contributed by atoms with van der Waals surface area (Å²) in [6.45, 7) is 0. The van der Waals surface area contributed by atoms with Crippen molar-refractivity contribution in [2.24, 2.45) is 0 Å². The van der Waals surface area contributed by atoms with Gasteiger partial charge in [-0.2, -0.15) is 0 Å². The second-order valence-electron chi connectivity index (χ2n) is 3.41. The van der Waals surface area contributed by atoms with Crippen molar-refractivity contribution < 1.29 is 14.7 Å². The van der Waals surface area contributed by atoms with Crippen LogP contribution in [0.5, 0.6) is 0 Å². The van der Waals surface area contributed by atoms with Gasteiger partial charge in [0, 0.05) is 17.5 Å². The number of ketones is 2. The molecule has 0 heterocycles. The van der Waals surface area contributed by atoms with Crippen LogP contribution in [0.15, 0.2) is 29.8 Å². The molecule has 2 rings (SSSR count). The number of hydrogen-bond donors (Lipinski definition) is 1. The molecule has 3 nitrogen and oxygen atoms in total. The Morgan fingerprint density at radius 2 is 1.75 bits per heavy atom. The van der Waals surface area contributed by atoms with E-state index < -0.39 is 11.6 Å². The SMILES string of the molecule is C#CCC1=C(O)c2ccccc2C(=O)C1=O. The fourth-order valence-corrected chi connectivity index (χ4v) is 1.68. The smallest absolute Gasteiger partial charge is 0.234 e. The Kier molecular flexibility index (Phi) is 2.34. The predicted octanol–water partition coefficient (Wildman–Crippen LogP) is 1.74. The number of benzene rings is 1. The van der Waals surface area contributed by atoms with E-state index in [1.54, 1.807) is 18.2 Å². The van der Waals surface area contributed by atoms with E-state index in [4.69, 9.17) is 6.42 Å². The van der Waals surface area contributed by atoms with E-state index in [0.29, 0.717) is 5.56 Å². The number of Topliss-reactive ketones (excluding diaryl/α,β-unsaturated/α-hetero) is 2. The summed E-state index contributed by atoms with van der Waals surface area (Å²) in [4.78, 5) is 23.3. The van der Waals surface area contributed by atoms with Gasteiger partial charge in [0.25, 0.3) is 0 Å². The first-order valence-electron chi connectivity index (χ1n) is 4.70. The zero-order chi connectivity index (χ0) is 11.7. The Hall–Kier alpha value is -2.34. The highest BCUT2D eigenvalue weighted by molar-refractivity contribution is 6.52. The normalized spacial score (nSPS) is 14.7. The van der Waals surface area contributed by atoms with Crippen LogP contribution >= 0.6 is 0 Å². The minimum atomic E-state index is -0.714. The molecule has 1 aromatic carbocycles. The van der Waals surface area contributed by atoms with Crippen molar-refractivity contribution in [1.82, 2.24) is 0 Å². The van der Waals surface area contributed by atoms with Crippen LogP contribution < -0.4 is 0 Å². The second kappa shape index (κ2) is 3.67. The average Bonchev–Trinajstić information content (AvgIpc) is 2.32. The highest BCUT2D eigenvalue weighted by Crippen LogP contribution is 2.28. The maximum absolute atomic E-state index is 11.7. The molecule has 1 aromatic rings. The number of carbonyl (C=O) groups excluding carboxylic acids is 2. The van der Waals surface area contributed by atoms with Crippen molar-refractivity contribution in [3.63, 3.8) is 0 Å². The van der Waals surface area contributed by atoms with Crippen LogP contribution in [0.1, 0.15) is 22.3 Å². The molecule has 1 aliphatic carbocycles. The monoisotopic (exact) mass is 212 g/mol. The van der Waals surface area contributed by atoms with Crippen LogP contribution in [0.25, 0.3) is 5.76 Å². The number of carbonyl (C=O) groups is 2. The third-order valence-electron chi connectivity index (χ3n) is 2.47. The van der Waals surface area contributed by atoms with E-state index in [1.165, 1.54) is 6.07 Å². The molecule has 0 bridgehead atoms. The molecule has 0 amide bonds. The molecule has 0 fully saturated rings. The summed E-state index contributed by atoms with van der Waals surface area (Å²) in [5.74, 6) is 0.750. The standard InChI is InChI=1S/C13H8O3/c1-2-5-10-11(14)8-6-3-4-7-9(8)12(15)13(10)16/h1,3-4,6-7,14H,5H2. The van der Waals surface area contributed by atoms with E-state index in [0.717, 1.165) is 0 Å². The van der Waals surface area contributed by atoms with Crippen molar-refractivity contribution in [3.8, 4) is 12.3 Å². The van der Waals surface area contributed by atoms with Gasteiger partial charge in [0.15, 0.2) is 0 Å². The summed E-state index contributed by atoms with van der Waals surface area (Å²) in [5, 5.41) is 9.85. The lowest BCUT2D eigenvalue weighted by molar-refractivity contribution is -0.112. The number of allylic oxidation sites excluding steroid dienone is 1. The molecule has 0 saturated carbocycles. The van der Waals surface area contributed by atoms with Crippen molar-refractivity contribution in [2.45, 2.75) is 6.42 Å². The van der Waals surface area contributed by atoms with Gasteiger partial charge in [-0.15, -0.1) is 12.3 Å². The van der Waals surface area contributed by atoms with Crippen molar-refractivity contribution >= 4 is 17.3 Å². The maximum atomic E-state index is 11.7. The zero-order valence-electron chi connectivity index (χ0n) is 8.36. The Balaban J connectivity index is 2.70. The van der Waals surface area contributed by atoms with Gasteiger partial charge in [-0.05, 0) is 0 Å². The summed E-state index contributed by atoms with van der Waals surface area (Å²) >= 11 is 0. The van der Waals surface area contributed by atoms with Gasteiger partial charge >= 0.3 is 0 Å². The molecular weight excluding hydrogens is 204 g/mol. The van der Waals surface area contributed by atoms with Gasteiger partial charge in [0.05, 0.1) is 5.57 Å². The van der Waals surface area contributed by atoms with Crippen LogP contribution in [-0.4, -0.2) is 16.7 Å². The summed E-state index contributed by atoms with van der Waals surface area (Å²) in [6.07, 6.45) is 5.05. The van der Waals surface area contributed by atoms with Gasteiger partial charge in [-0.25, -0.2) is 0 Å². The molecule has 0 aliphatic heterocycles. The van der Waals surface area contributed by atoms with Gasteiger partial charge in [0.2, 0.25) is 11.6 Å². The number of terminal acetylenes is 1. The molecule has 1 aliphatic rings. The van der Waals surface area contributed by atoms with E-state index in [-0.39, 0.29) is 23.3 Å². The molecule has 0 radical (unpaired) electrons. The van der Waals surface area contributed by atoms with E-state index >= 15 is 0 Å². The van der Waals surface area contributed by atoms with Gasteiger partial charge in [0.1, 0.15) is 5.76 Å². The highest BCUT2D eigenvalue weighted by Gasteiger charge is 2.31. The highest BCUT2D eigenvalue weighted by atomic mass is 16.3. The summed E-state index contributed by atoms with van der Waals surface area (Å²) in [5.41, 5.74) is 0.606. The van der Waals surface area contributed by atoms with E-state index in [1.807, 2.05) is 0 Å². The first kappa shape index (κ1) is 10.2. The third-order valence-corrected chi connectivity index (χ3v) is 2.47. The van der Waals surface area contributed by atoms with Crippen molar-refractivity contribution in [1.29, 1.82) is 0 Å². The maximum Gasteiger partial charge on any atom is 0.234 e. The Labute approximate surface area is 92.4 Å². The van der Waals surface area contributed by atoms with Crippen LogP contribution in [0.2, 0.25) is 0 Å². The third kappa shape index (κ3) is 1.32. The van der Waals surface area contributed by atoms with Crippen molar-refractivity contribution in [3.05, 3.63) is 41.0 Å². The fraction of sp³-hybridized carbons (Fsp3) is 0.0769. The van der Waals surface area contributed by atoms with Crippen LogP contribution in [0.4, 0.5) is 0 Å². The second-order valence-corrected chi connectivity index (χ2v) is 3.41. The van der Waals surface area contributed by atoms with E-state index in [9.17, 15) is 14.7 Å². The van der Waals surface area contributed by atoms with Crippen LogP contribution in [0, 0.1) is 12.3 Å². The number of rotatable bonds is 1. The Morgan fingerprint density at radius 3 is 2.38 bits per heavy atom. The lowest BCUT2D eigenvalue weighted by Gasteiger charge is -2.15. The van der Waals surface area contributed by atoms with Gasteiger partial charge < -0.3 is 5.11 Å². The number of fused-ring (bicyclic) bond motifs is 1. The first-order chi connectivity index (χ1) is 7.66. The lowest BCUT2D eigenvalue weighted by atomic mass is 9.87. The average molecular weight is 212 g/mol. The van der Waals surface area contributed by atoms with E-state index in [2.05, 4.69) is 5.92 Å². The summed E-state index contributed by atoms with van der Waals surface area (Å²) < 4.78 is 0. The Morgan fingerprint density at radius 1 is 1.12 bits per heavy atom. The topological polar surface area (TPSA) is 54.4 Å². The molecular formula is C13H8O3. The van der Waals surface area contributed by atoms with Crippen LogP contribution in [0.3, 0.4) is 0 Å². The van der Waals surface area contributed by atoms with Crippen LogP contribution in [-0.2, 0) is 4.79 Å². The largest absolute Gasteiger partial charge is 0.507 e. The molecule has 1 N–H and O–H groups in total. The molecule has 0 unspecified atom stereocenters. The molecule has 0 atom stereocenters. The number of aliphatic hydroxyl groups is 1. The molecule has 0 spiro atoms. The molecule has 0 aromatic heterocycles. The molecule has 0 saturated heterocycles. The van der Waals surface area contributed by atoms with Gasteiger partial charge in [-0.1, -0.05) is 24.3 Å². The van der Waals surface area contributed by atoms with Gasteiger partial charge in [-0.3, -0.25) is 9.59 Å². The predicted molar refractivity (Wildman–Crippen MR) is 58.8 cm³/mol. The Bertz CT molecular complexity index is 559. The quantitative estimate of drug-likeness (QED) is 0.570. The molecule has 16 heavy (non-hydrogen) atoms. The van der Waals surface area contributed by atoms with Crippen molar-refractivity contribution in [2.75, 3.05) is 0 Å². The summed E-state index contributed by atoms with van der Waals surface area (Å²) in [7, 11) is 0. The first-order valence-corrected chi connectivity index (χ1v) is 4.70. The fourth-order valence-electron chi connectivity index (χ4n) is 1.68. The molecule has 78 valence electrons. The lowest BCUT2D eigenvalue weighted by Crippen LogP contribution is -2.23. The number of hydrogen-bond acceptors (Lipinski definition) is 3. The number of aliphatic hydroxyl groups excluding tert-OH is 1. The minimum absolute atomic E-state index is 0.00574.